The van der Waals surface area contributed by atoms with E-state index in [1.54, 1.807) is 37.3 Å². The number of hydrogen-bond donors (Lipinski definition) is 0. The Labute approximate surface area is 208 Å². The average molecular weight is 487 g/mol. The van der Waals surface area contributed by atoms with E-state index in [4.69, 9.17) is 23.4 Å². The van der Waals surface area contributed by atoms with Gasteiger partial charge in [-0.1, -0.05) is 36.4 Å². The van der Waals surface area contributed by atoms with Crippen molar-refractivity contribution in [3.05, 3.63) is 87.6 Å². The normalized spacial score (nSPS) is 11.0. The Bertz CT molecular complexity index is 1490. The van der Waals surface area contributed by atoms with Crippen LogP contribution in [0.1, 0.15) is 21.5 Å². The SMILES string of the molecule is COc1cc(C=CC(=O)c2c(OC)ccc3c(=O)c(C)c(-c4ccccc4)oc23)cc(OC)c1OC. The molecule has 3 aromatic carbocycles. The van der Waals surface area contributed by atoms with E-state index in [-0.39, 0.29) is 16.6 Å². The summed E-state index contributed by atoms with van der Waals surface area (Å²) in [5, 5.41) is 0.303. The topological polar surface area (TPSA) is 84.2 Å². The van der Waals surface area contributed by atoms with Crippen LogP contribution in [0, 0.1) is 6.92 Å². The van der Waals surface area contributed by atoms with Gasteiger partial charge in [0.25, 0.3) is 0 Å². The van der Waals surface area contributed by atoms with Crippen molar-refractivity contribution in [1.82, 2.24) is 0 Å². The van der Waals surface area contributed by atoms with Gasteiger partial charge in [-0.3, -0.25) is 9.59 Å². The summed E-state index contributed by atoms with van der Waals surface area (Å²) in [7, 11) is 6.02. The first-order valence-electron chi connectivity index (χ1n) is 11.2. The van der Waals surface area contributed by atoms with E-state index in [9.17, 15) is 9.59 Å². The third-order valence-electron chi connectivity index (χ3n) is 5.87. The lowest BCUT2D eigenvalue weighted by Crippen LogP contribution is -2.10. The lowest BCUT2D eigenvalue weighted by atomic mass is 10.0. The van der Waals surface area contributed by atoms with Crippen molar-refractivity contribution in [2.75, 3.05) is 28.4 Å². The molecule has 7 nitrogen and oxygen atoms in total. The van der Waals surface area contributed by atoms with Crippen LogP contribution in [-0.4, -0.2) is 34.2 Å². The van der Waals surface area contributed by atoms with Gasteiger partial charge in [0.1, 0.15) is 17.1 Å². The van der Waals surface area contributed by atoms with E-state index >= 15 is 0 Å². The Kier molecular flexibility index (Phi) is 7.10. The van der Waals surface area contributed by atoms with Gasteiger partial charge in [0.2, 0.25) is 5.75 Å². The van der Waals surface area contributed by atoms with Gasteiger partial charge < -0.3 is 23.4 Å². The van der Waals surface area contributed by atoms with Crippen LogP contribution in [0.25, 0.3) is 28.4 Å². The molecule has 0 N–H and O–H groups in total. The molecule has 0 aliphatic heterocycles. The number of rotatable bonds is 8. The minimum atomic E-state index is -0.391. The summed E-state index contributed by atoms with van der Waals surface area (Å²) in [5.74, 6) is 1.68. The van der Waals surface area contributed by atoms with E-state index in [2.05, 4.69) is 0 Å². The molecule has 0 aliphatic carbocycles. The first kappa shape index (κ1) is 24.6. The lowest BCUT2D eigenvalue weighted by molar-refractivity contribution is 0.104. The Hall–Kier alpha value is -4.52. The van der Waals surface area contributed by atoms with Crippen molar-refractivity contribution in [3.8, 4) is 34.3 Å². The van der Waals surface area contributed by atoms with Crippen LogP contribution in [0.5, 0.6) is 23.0 Å². The Morgan fingerprint density at radius 2 is 1.47 bits per heavy atom. The van der Waals surface area contributed by atoms with Crippen LogP contribution in [-0.2, 0) is 0 Å². The van der Waals surface area contributed by atoms with Crippen LogP contribution >= 0.6 is 0 Å². The first-order valence-corrected chi connectivity index (χ1v) is 11.2. The Morgan fingerprint density at radius 3 is 2.06 bits per heavy atom. The smallest absolute Gasteiger partial charge is 0.203 e. The summed E-state index contributed by atoms with van der Waals surface area (Å²) >= 11 is 0. The fourth-order valence-electron chi connectivity index (χ4n) is 4.05. The highest BCUT2D eigenvalue weighted by Gasteiger charge is 2.21. The maximum absolute atomic E-state index is 13.5. The molecule has 1 aromatic heterocycles. The summed E-state index contributed by atoms with van der Waals surface area (Å²) in [6.07, 6.45) is 3.01. The highest BCUT2D eigenvalue weighted by molar-refractivity contribution is 6.15. The quantitative estimate of drug-likeness (QED) is 0.233. The number of ketones is 1. The van der Waals surface area contributed by atoms with E-state index in [0.717, 1.165) is 5.56 Å². The molecule has 1 heterocycles. The van der Waals surface area contributed by atoms with Gasteiger partial charge in [0, 0.05) is 11.1 Å². The van der Waals surface area contributed by atoms with Gasteiger partial charge in [-0.2, -0.15) is 0 Å². The fraction of sp³-hybridized carbons (Fsp3) is 0.172. The van der Waals surface area contributed by atoms with Crippen molar-refractivity contribution in [2.24, 2.45) is 0 Å². The summed E-state index contributed by atoms with van der Waals surface area (Å²) in [6, 6.07) is 16.0. The van der Waals surface area contributed by atoms with Gasteiger partial charge in [-0.25, -0.2) is 0 Å². The van der Waals surface area contributed by atoms with Crippen LogP contribution in [0.2, 0.25) is 0 Å². The molecule has 0 amide bonds. The predicted molar refractivity (Wildman–Crippen MR) is 139 cm³/mol. The van der Waals surface area contributed by atoms with Crippen molar-refractivity contribution in [3.63, 3.8) is 0 Å². The average Bonchev–Trinajstić information content (AvgIpc) is 2.92. The highest BCUT2D eigenvalue weighted by atomic mass is 16.5. The molecular formula is C29H26O7. The second-order valence-electron chi connectivity index (χ2n) is 7.93. The molecule has 184 valence electrons. The van der Waals surface area contributed by atoms with Gasteiger partial charge in [-0.05, 0) is 42.8 Å². The molecule has 0 unspecified atom stereocenters. The number of fused-ring (bicyclic) bond motifs is 1. The molecule has 0 fully saturated rings. The molecule has 0 aliphatic rings. The Morgan fingerprint density at radius 1 is 0.833 bits per heavy atom. The minimum absolute atomic E-state index is 0.160. The molecular weight excluding hydrogens is 460 g/mol. The molecule has 0 saturated heterocycles. The lowest BCUT2D eigenvalue weighted by Gasteiger charge is -2.13. The zero-order valence-corrected chi connectivity index (χ0v) is 20.7. The molecule has 4 aromatic rings. The number of methoxy groups -OCH3 is 4. The summed E-state index contributed by atoms with van der Waals surface area (Å²) < 4.78 is 27.8. The number of carbonyl (C=O) groups is 1. The molecule has 4 rings (SSSR count). The van der Waals surface area contributed by atoms with Crippen LogP contribution in [0.15, 0.2) is 69.9 Å². The van der Waals surface area contributed by atoms with Crippen molar-refractivity contribution >= 4 is 22.8 Å². The number of benzene rings is 3. The van der Waals surface area contributed by atoms with E-state index < -0.39 is 5.78 Å². The molecule has 36 heavy (non-hydrogen) atoms. The van der Waals surface area contributed by atoms with Crippen molar-refractivity contribution in [1.29, 1.82) is 0 Å². The fourth-order valence-corrected chi connectivity index (χ4v) is 4.05. The first-order chi connectivity index (χ1) is 17.4. The second kappa shape index (κ2) is 10.4. The predicted octanol–water partition coefficient (Wildman–Crippen LogP) is 5.70. The van der Waals surface area contributed by atoms with Crippen LogP contribution in [0.4, 0.5) is 0 Å². The van der Waals surface area contributed by atoms with Gasteiger partial charge >= 0.3 is 0 Å². The Balaban J connectivity index is 1.87. The number of hydrogen-bond acceptors (Lipinski definition) is 7. The third kappa shape index (κ3) is 4.43. The molecule has 0 radical (unpaired) electrons. The van der Waals surface area contributed by atoms with Gasteiger partial charge in [0.05, 0.1) is 33.8 Å². The van der Waals surface area contributed by atoms with E-state index in [1.165, 1.54) is 34.5 Å². The molecule has 0 spiro atoms. The monoisotopic (exact) mass is 486 g/mol. The molecule has 0 atom stereocenters. The largest absolute Gasteiger partial charge is 0.496 e. The molecule has 0 saturated carbocycles. The van der Waals surface area contributed by atoms with Crippen LogP contribution in [0.3, 0.4) is 0 Å². The second-order valence-corrected chi connectivity index (χ2v) is 7.93. The van der Waals surface area contributed by atoms with Crippen molar-refractivity contribution in [2.45, 2.75) is 6.92 Å². The molecule has 7 heteroatoms. The van der Waals surface area contributed by atoms with Gasteiger partial charge in [0.15, 0.2) is 28.3 Å². The third-order valence-corrected chi connectivity index (χ3v) is 5.87. The maximum atomic E-state index is 13.5. The summed E-state index contributed by atoms with van der Waals surface area (Å²) in [4.78, 5) is 26.7. The van der Waals surface area contributed by atoms with Crippen LogP contribution < -0.4 is 24.4 Å². The number of carbonyl (C=O) groups excluding carboxylic acids is 1. The standard InChI is InChI=1S/C29H26O7/c1-17-26(31)20-12-14-22(32-2)25(28(20)36-27(17)19-9-7-6-8-10-19)21(30)13-11-18-15-23(33-3)29(35-5)24(16-18)34-4/h6-16H,1-5H3. The summed E-state index contributed by atoms with van der Waals surface area (Å²) in [6.45, 7) is 1.71. The zero-order valence-electron chi connectivity index (χ0n) is 20.7. The maximum Gasteiger partial charge on any atom is 0.203 e. The molecule has 0 bridgehead atoms. The van der Waals surface area contributed by atoms with E-state index in [1.807, 2.05) is 30.3 Å². The highest BCUT2D eigenvalue weighted by Crippen LogP contribution is 2.39. The van der Waals surface area contributed by atoms with Gasteiger partial charge in [-0.15, -0.1) is 0 Å². The van der Waals surface area contributed by atoms with E-state index in [0.29, 0.717) is 45.3 Å². The minimum Gasteiger partial charge on any atom is -0.496 e. The van der Waals surface area contributed by atoms with Crippen molar-refractivity contribution < 1.29 is 28.2 Å². The zero-order chi connectivity index (χ0) is 25.8. The number of allylic oxidation sites excluding steroid dienone is 1. The number of ether oxygens (including phenoxy) is 4. The summed E-state index contributed by atoms with van der Waals surface area (Å²) in [5.41, 5.74) is 1.98.